The molecule has 1 heterocycles. The van der Waals surface area contributed by atoms with Gasteiger partial charge in [-0.05, 0) is 55.7 Å². The molecule has 1 N–H and O–H groups in total. The van der Waals surface area contributed by atoms with Gasteiger partial charge in [0.25, 0.3) is 0 Å². The minimum atomic E-state index is 0.130. The number of unbranched alkanes of at least 4 members (excludes halogenated alkanes) is 1. The van der Waals surface area contributed by atoms with Gasteiger partial charge in [0.2, 0.25) is 5.91 Å². The van der Waals surface area contributed by atoms with Crippen LogP contribution in [0, 0.1) is 5.92 Å². The summed E-state index contributed by atoms with van der Waals surface area (Å²) in [7, 11) is 0. The van der Waals surface area contributed by atoms with E-state index in [2.05, 4.69) is 63.6 Å². The lowest BCUT2D eigenvalue weighted by Gasteiger charge is -2.38. The SMILES string of the molecule is O=C(CN1CCN(CC2CC2)c2ccccc21)NCCCCc1ccccc1. The predicted molar refractivity (Wildman–Crippen MR) is 116 cm³/mol. The van der Waals surface area contributed by atoms with Crippen molar-refractivity contribution in [2.45, 2.75) is 32.1 Å². The maximum Gasteiger partial charge on any atom is 0.239 e. The molecule has 0 saturated heterocycles. The van der Waals surface area contributed by atoms with Crippen molar-refractivity contribution >= 4 is 17.3 Å². The smallest absolute Gasteiger partial charge is 0.239 e. The van der Waals surface area contributed by atoms with Crippen LogP contribution >= 0.6 is 0 Å². The van der Waals surface area contributed by atoms with E-state index in [4.69, 9.17) is 0 Å². The highest BCUT2D eigenvalue weighted by atomic mass is 16.2. The summed E-state index contributed by atoms with van der Waals surface area (Å²) in [6, 6.07) is 19.1. The predicted octanol–water partition coefficient (Wildman–Crippen LogP) is 3.86. The molecular weight excluding hydrogens is 346 g/mol. The number of fused-ring (bicyclic) bond motifs is 1. The summed E-state index contributed by atoms with van der Waals surface area (Å²) in [5.41, 5.74) is 3.86. The van der Waals surface area contributed by atoms with E-state index in [0.29, 0.717) is 6.54 Å². The minimum absolute atomic E-state index is 0.130. The molecule has 0 atom stereocenters. The first-order valence-electron chi connectivity index (χ1n) is 10.7. The summed E-state index contributed by atoms with van der Waals surface area (Å²) < 4.78 is 0. The van der Waals surface area contributed by atoms with Crippen LogP contribution in [-0.2, 0) is 11.2 Å². The Labute approximate surface area is 168 Å². The number of anilines is 2. The summed E-state index contributed by atoms with van der Waals surface area (Å²) in [6.07, 6.45) is 5.94. The van der Waals surface area contributed by atoms with E-state index in [1.165, 1.54) is 36.3 Å². The number of rotatable bonds is 9. The summed E-state index contributed by atoms with van der Waals surface area (Å²) in [5, 5.41) is 3.11. The fourth-order valence-corrected chi connectivity index (χ4v) is 4.00. The largest absolute Gasteiger partial charge is 0.368 e. The average molecular weight is 378 g/mol. The van der Waals surface area contributed by atoms with Gasteiger partial charge in [0.1, 0.15) is 0 Å². The molecule has 1 fully saturated rings. The molecule has 2 aromatic carbocycles. The Morgan fingerprint density at radius 2 is 1.57 bits per heavy atom. The van der Waals surface area contributed by atoms with Crippen molar-refractivity contribution in [2.75, 3.05) is 42.5 Å². The van der Waals surface area contributed by atoms with Crippen LogP contribution in [0.3, 0.4) is 0 Å². The number of nitrogens with zero attached hydrogens (tertiary/aromatic N) is 2. The van der Waals surface area contributed by atoms with E-state index < -0.39 is 0 Å². The van der Waals surface area contributed by atoms with Crippen LogP contribution in [0.4, 0.5) is 11.4 Å². The van der Waals surface area contributed by atoms with Crippen molar-refractivity contribution in [3.8, 4) is 0 Å². The molecule has 4 nitrogen and oxygen atoms in total. The van der Waals surface area contributed by atoms with E-state index >= 15 is 0 Å². The summed E-state index contributed by atoms with van der Waals surface area (Å²) in [6.45, 7) is 4.31. The molecule has 2 aromatic rings. The number of benzene rings is 2. The van der Waals surface area contributed by atoms with Gasteiger partial charge in [-0.3, -0.25) is 4.79 Å². The Balaban J connectivity index is 1.22. The first kappa shape index (κ1) is 18.9. The zero-order chi connectivity index (χ0) is 19.2. The van der Waals surface area contributed by atoms with Crippen LogP contribution in [-0.4, -0.2) is 38.6 Å². The number of aryl methyl sites for hydroxylation is 1. The first-order valence-corrected chi connectivity index (χ1v) is 10.7. The molecule has 1 aliphatic carbocycles. The number of carbonyl (C=O) groups excluding carboxylic acids is 1. The Bertz CT molecular complexity index is 772. The van der Waals surface area contributed by atoms with Crippen molar-refractivity contribution in [3.05, 3.63) is 60.2 Å². The number of hydrogen-bond donors (Lipinski definition) is 1. The van der Waals surface area contributed by atoms with Crippen LogP contribution < -0.4 is 15.1 Å². The van der Waals surface area contributed by atoms with Crippen molar-refractivity contribution in [3.63, 3.8) is 0 Å². The normalized spacial score (nSPS) is 16.0. The lowest BCUT2D eigenvalue weighted by molar-refractivity contribution is -0.119. The lowest BCUT2D eigenvalue weighted by Crippen LogP contribution is -2.46. The fraction of sp³-hybridized carbons (Fsp3) is 0.458. The molecule has 0 spiro atoms. The Morgan fingerprint density at radius 1 is 0.893 bits per heavy atom. The fourth-order valence-electron chi connectivity index (χ4n) is 4.00. The Hall–Kier alpha value is -2.49. The maximum absolute atomic E-state index is 12.5. The molecule has 0 unspecified atom stereocenters. The molecule has 1 amide bonds. The van der Waals surface area contributed by atoms with Gasteiger partial charge < -0.3 is 15.1 Å². The Kier molecular flexibility index (Phi) is 6.15. The molecular formula is C24H31N3O. The summed E-state index contributed by atoms with van der Waals surface area (Å²) >= 11 is 0. The summed E-state index contributed by atoms with van der Waals surface area (Å²) in [4.78, 5) is 17.2. The molecule has 1 aliphatic heterocycles. The lowest BCUT2D eigenvalue weighted by atomic mass is 10.1. The standard InChI is InChI=1S/C24H31N3O/c28-24(25-15-7-6-10-20-8-2-1-3-9-20)19-27-17-16-26(18-21-13-14-21)22-11-4-5-12-23(22)27/h1-5,8-9,11-12,21H,6-7,10,13-19H2,(H,25,28). The second-order valence-electron chi connectivity index (χ2n) is 8.09. The van der Waals surface area contributed by atoms with Gasteiger partial charge in [-0.1, -0.05) is 42.5 Å². The van der Waals surface area contributed by atoms with E-state index in [9.17, 15) is 4.79 Å². The number of carbonyl (C=O) groups is 1. The van der Waals surface area contributed by atoms with Crippen LogP contribution in [0.5, 0.6) is 0 Å². The molecule has 148 valence electrons. The van der Waals surface area contributed by atoms with Crippen molar-refractivity contribution in [2.24, 2.45) is 5.92 Å². The van der Waals surface area contributed by atoms with Gasteiger partial charge in [-0.2, -0.15) is 0 Å². The highest BCUT2D eigenvalue weighted by molar-refractivity contribution is 5.84. The molecule has 2 aliphatic rings. The number of amides is 1. The Morgan fingerprint density at radius 3 is 2.32 bits per heavy atom. The summed E-state index contributed by atoms with van der Waals surface area (Å²) in [5.74, 6) is 1.00. The highest BCUT2D eigenvalue weighted by Gasteiger charge is 2.29. The van der Waals surface area contributed by atoms with E-state index in [1.807, 2.05) is 6.07 Å². The van der Waals surface area contributed by atoms with Crippen LogP contribution in [0.2, 0.25) is 0 Å². The molecule has 0 aromatic heterocycles. The van der Waals surface area contributed by atoms with Crippen molar-refractivity contribution < 1.29 is 4.79 Å². The maximum atomic E-state index is 12.5. The van der Waals surface area contributed by atoms with E-state index in [0.717, 1.165) is 44.8 Å². The third kappa shape index (κ3) is 5.06. The first-order chi connectivity index (χ1) is 13.8. The minimum Gasteiger partial charge on any atom is -0.368 e. The van der Waals surface area contributed by atoms with Crippen LogP contribution in [0.1, 0.15) is 31.2 Å². The monoisotopic (exact) mass is 377 g/mol. The van der Waals surface area contributed by atoms with E-state index in [1.54, 1.807) is 0 Å². The molecule has 1 saturated carbocycles. The molecule has 4 rings (SSSR count). The number of para-hydroxylation sites is 2. The van der Waals surface area contributed by atoms with Crippen molar-refractivity contribution in [1.82, 2.24) is 5.32 Å². The van der Waals surface area contributed by atoms with Crippen LogP contribution in [0.15, 0.2) is 54.6 Å². The van der Waals surface area contributed by atoms with Gasteiger partial charge in [-0.15, -0.1) is 0 Å². The van der Waals surface area contributed by atoms with Crippen molar-refractivity contribution in [1.29, 1.82) is 0 Å². The second-order valence-corrected chi connectivity index (χ2v) is 8.09. The van der Waals surface area contributed by atoms with Crippen LogP contribution in [0.25, 0.3) is 0 Å². The average Bonchev–Trinajstić information content (AvgIpc) is 3.54. The van der Waals surface area contributed by atoms with Gasteiger partial charge in [-0.25, -0.2) is 0 Å². The zero-order valence-corrected chi connectivity index (χ0v) is 16.6. The highest BCUT2D eigenvalue weighted by Crippen LogP contribution is 2.37. The number of nitrogens with one attached hydrogen (secondary N) is 1. The zero-order valence-electron chi connectivity index (χ0n) is 16.6. The molecule has 0 radical (unpaired) electrons. The topological polar surface area (TPSA) is 35.6 Å². The van der Waals surface area contributed by atoms with Gasteiger partial charge in [0.15, 0.2) is 0 Å². The van der Waals surface area contributed by atoms with E-state index in [-0.39, 0.29) is 5.91 Å². The quantitative estimate of drug-likeness (QED) is 0.674. The molecule has 4 heteroatoms. The number of hydrogen-bond acceptors (Lipinski definition) is 3. The molecule has 0 bridgehead atoms. The molecule has 28 heavy (non-hydrogen) atoms. The second kappa shape index (κ2) is 9.13. The third-order valence-corrected chi connectivity index (χ3v) is 5.77. The van der Waals surface area contributed by atoms with Gasteiger partial charge >= 0.3 is 0 Å². The van der Waals surface area contributed by atoms with Gasteiger partial charge in [0.05, 0.1) is 17.9 Å². The van der Waals surface area contributed by atoms with Gasteiger partial charge in [0, 0.05) is 26.2 Å². The third-order valence-electron chi connectivity index (χ3n) is 5.77.